The van der Waals surface area contributed by atoms with Gasteiger partial charge in [0.25, 0.3) is 0 Å². The predicted molar refractivity (Wildman–Crippen MR) is 70.9 cm³/mol. The summed E-state index contributed by atoms with van der Waals surface area (Å²) in [4.78, 5) is 16.0. The minimum absolute atomic E-state index is 0.153. The molecule has 0 aliphatic heterocycles. The molecule has 0 saturated heterocycles. The molecule has 1 N–H and O–H groups in total. The Bertz CT molecular complexity index is 525. The molecule has 0 aliphatic carbocycles. The third-order valence-electron chi connectivity index (χ3n) is 2.30. The minimum atomic E-state index is -0.471. The molecule has 0 spiro atoms. The number of para-hydroxylation sites is 1. The van der Waals surface area contributed by atoms with Gasteiger partial charge < -0.3 is 10.1 Å². The van der Waals surface area contributed by atoms with Crippen LogP contribution in [0.3, 0.4) is 0 Å². The Balaban J connectivity index is 1.92. The van der Waals surface area contributed by atoms with Crippen LogP contribution >= 0.6 is 11.3 Å². The van der Waals surface area contributed by atoms with Crippen molar-refractivity contribution in [1.82, 2.24) is 10.3 Å². The Morgan fingerprint density at radius 1 is 1.39 bits per heavy atom. The van der Waals surface area contributed by atoms with Gasteiger partial charge in [0.15, 0.2) is 0 Å². The SMILES string of the molecule is Cc1csc(C(C)NC(=O)Oc2ccccc2)n1. The molecule has 2 rings (SSSR count). The lowest BCUT2D eigenvalue weighted by Crippen LogP contribution is -2.29. The van der Waals surface area contributed by atoms with Gasteiger partial charge in [-0.25, -0.2) is 9.78 Å². The largest absolute Gasteiger partial charge is 0.413 e. The fourth-order valence-electron chi connectivity index (χ4n) is 1.43. The molecule has 0 aliphatic rings. The molecule has 1 atom stereocenters. The van der Waals surface area contributed by atoms with Gasteiger partial charge in [0.05, 0.1) is 6.04 Å². The zero-order valence-electron chi connectivity index (χ0n) is 10.2. The Kier molecular flexibility index (Phi) is 3.94. The summed E-state index contributed by atoms with van der Waals surface area (Å²) in [6, 6.07) is 8.81. The van der Waals surface area contributed by atoms with Gasteiger partial charge in [-0.1, -0.05) is 18.2 Å². The number of carbonyl (C=O) groups excluding carboxylic acids is 1. The number of benzene rings is 1. The van der Waals surface area contributed by atoms with E-state index in [4.69, 9.17) is 4.74 Å². The quantitative estimate of drug-likeness (QED) is 0.923. The van der Waals surface area contributed by atoms with Crippen LogP contribution in [-0.2, 0) is 0 Å². The van der Waals surface area contributed by atoms with E-state index >= 15 is 0 Å². The maximum atomic E-state index is 11.6. The monoisotopic (exact) mass is 262 g/mol. The van der Waals surface area contributed by atoms with Crippen molar-refractivity contribution in [2.75, 3.05) is 0 Å². The number of rotatable bonds is 3. The van der Waals surface area contributed by atoms with E-state index < -0.39 is 6.09 Å². The number of aromatic nitrogens is 1. The van der Waals surface area contributed by atoms with E-state index in [2.05, 4.69) is 10.3 Å². The molecule has 18 heavy (non-hydrogen) atoms. The minimum Gasteiger partial charge on any atom is -0.410 e. The number of hydrogen-bond acceptors (Lipinski definition) is 4. The third kappa shape index (κ3) is 3.30. The van der Waals surface area contributed by atoms with Crippen molar-refractivity contribution in [3.8, 4) is 5.75 Å². The first-order chi connectivity index (χ1) is 8.65. The van der Waals surface area contributed by atoms with Gasteiger partial charge in [-0.05, 0) is 26.0 Å². The zero-order chi connectivity index (χ0) is 13.0. The summed E-state index contributed by atoms with van der Waals surface area (Å²) in [5.74, 6) is 0.525. The maximum Gasteiger partial charge on any atom is 0.413 e. The molecule has 0 saturated carbocycles. The standard InChI is InChI=1S/C13H14N2O2S/c1-9-8-18-12(14-9)10(2)15-13(16)17-11-6-4-3-5-7-11/h3-8,10H,1-2H3,(H,15,16). The number of nitrogens with one attached hydrogen (secondary N) is 1. The maximum absolute atomic E-state index is 11.6. The van der Waals surface area contributed by atoms with Gasteiger partial charge >= 0.3 is 6.09 Å². The number of nitrogens with zero attached hydrogens (tertiary/aromatic N) is 1. The van der Waals surface area contributed by atoms with Crippen molar-refractivity contribution in [2.45, 2.75) is 19.9 Å². The second-order valence-electron chi connectivity index (χ2n) is 3.90. The lowest BCUT2D eigenvalue weighted by atomic mass is 10.3. The van der Waals surface area contributed by atoms with Crippen LogP contribution in [0.2, 0.25) is 0 Å². The summed E-state index contributed by atoms with van der Waals surface area (Å²) < 4.78 is 5.14. The highest BCUT2D eigenvalue weighted by atomic mass is 32.1. The first kappa shape index (κ1) is 12.6. The molecular formula is C13H14N2O2S. The van der Waals surface area contributed by atoms with Crippen LogP contribution < -0.4 is 10.1 Å². The third-order valence-corrected chi connectivity index (χ3v) is 3.44. The van der Waals surface area contributed by atoms with E-state index in [1.807, 2.05) is 37.4 Å². The average molecular weight is 262 g/mol. The van der Waals surface area contributed by atoms with Crippen LogP contribution in [0.4, 0.5) is 4.79 Å². The number of ether oxygens (including phenoxy) is 1. The first-order valence-corrected chi connectivity index (χ1v) is 6.48. The molecule has 1 aromatic heterocycles. The molecule has 4 nitrogen and oxygen atoms in total. The van der Waals surface area contributed by atoms with E-state index in [0.29, 0.717) is 5.75 Å². The second kappa shape index (κ2) is 5.64. The smallest absolute Gasteiger partial charge is 0.410 e. The number of carbonyl (C=O) groups is 1. The van der Waals surface area contributed by atoms with Crippen molar-refractivity contribution < 1.29 is 9.53 Å². The Labute approximate surface area is 110 Å². The highest BCUT2D eigenvalue weighted by Crippen LogP contribution is 2.17. The molecule has 2 aromatic rings. The molecule has 5 heteroatoms. The Hall–Kier alpha value is -1.88. The number of aryl methyl sites for hydroxylation is 1. The zero-order valence-corrected chi connectivity index (χ0v) is 11.0. The summed E-state index contributed by atoms with van der Waals surface area (Å²) >= 11 is 1.52. The number of amides is 1. The summed E-state index contributed by atoms with van der Waals surface area (Å²) in [6.45, 7) is 3.81. The van der Waals surface area contributed by atoms with Gasteiger partial charge in [-0.3, -0.25) is 0 Å². The van der Waals surface area contributed by atoms with Crippen LogP contribution in [0.15, 0.2) is 35.7 Å². The van der Waals surface area contributed by atoms with Crippen molar-refractivity contribution in [3.05, 3.63) is 46.4 Å². The van der Waals surface area contributed by atoms with Gasteiger partial charge in [-0.2, -0.15) is 0 Å². The molecule has 1 amide bonds. The summed E-state index contributed by atoms with van der Waals surface area (Å²) in [5, 5.41) is 5.57. The van der Waals surface area contributed by atoms with E-state index in [0.717, 1.165) is 10.7 Å². The Morgan fingerprint density at radius 3 is 2.72 bits per heavy atom. The van der Waals surface area contributed by atoms with Gasteiger partial charge in [-0.15, -0.1) is 11.3 Å². The summed E-state index contributed by atoms with van der Waals surface area (Å²) in [5.41, 5.74) is 0.958. The normalized spacial score (nSPS) is 11.9. The van der Waals surface area contributed by atoms with Crippen LogP contribution in [0.1, 0.15) is 23.7 Å². The van der Waals surface area contributed by atoms with E-state index in [9.17, 15) is 4.79 Å². The van der Waals surface area contributed by atoms with E-state index in [1.165, 1.54) is 11.3 Å². The van der Waals surface area contributed by atoms with Crippen molar-refractivity contribution in [1.29, 1.82) is 0 Å². The summed E-state index contributed by atoms with van der Waals surface area (Å²) in [6.07, 6.45) is -0.471. The van der Waals surface area contributed by atoms with Crippen LogP contribution in [0, 0.1) is 6.92 Å². The molecule has 1 heterocycles. The molecule has 94 valence electrons. The van der Waals surface area contributed by atoms with Gasteiger partial charge in [0, 0.05) is 11.1 Å². The fraction of sp³-hybridized carbons (Fsp3) is 0.231. The number of thiazole rings is 1. The van der Waals surface area contributed by atoms with Crippen molar-refractivity contribution in [2.24, 2.45) is 0 Å². The highest BCUT2D eigenvalue weighted by Gasteiger charge is 2.13. The van der Waals surface area contributed by atoms with E-state index in [1.54, 1.807) is 12.1 Å². The molecule has 0 bridgehead atoms. The molecule has 0 radical (unpaired) electrons. The van der Waals surface area contributed by atoms with Crippen LogP contribution in [0.25, 0.3) is 0 Å². The van der Waals surface area contributed by atoms with Crippen LogP contribution in [-0.4, -0.2) is 11.1 Å². The molecular weight excluding hydrogens is 248 g/mol. The average Bonchev–Trinajstić information content (AvgIpc) is 2.77. The Morgan fingerprint density at radius 2 is 2.11 bits per heavy atom. The lowest BCUT2D eigenvalue weighted by molar-refractivity contribution is 0.197. The fourth-order valence-corrected chi connectivity index (χ4v) is 2.24. The second-order valence-corrected chi connectivity index (χ2v) is 4.79. The van der Waals surface area contributed by atoms with Crippen molar-refractivity contribution >= 4 is 17.4 Å². The number of hydrogen-bond donors (Lipinski definition) is 1. The van der Waals surface area contributed by atoms with E-state index in [-0.39, 0.29) is 6.04 Å². The first-order valence-electron chi connectivity index (χ1n) is 5.60. The predicted octanol–water partition coefficient (Wildman–Crippen LogP) is 3.30. The van der Waals surface area contributed by atoms with Crippen molar-refractivity contribution in [3.63, 3.8) is 0 Å². The van der Waals surface area contributed by atoms with Gasteiger partial charge in [0.2, 0.25) is 0 Å². The van der Waals surface area contributed by atoms with Gasteiger partial charge in [0.1, 0.15) is 10.8 Å². The summed E-state index contributed by atoms with van der Waals surface area (Å²) in [7, 11) is 0. The molecule has 1 aromatic carbocycles. The lowest BCUT2D eigenvalue weighted by Gasteiger charge is -2.11. The molecule has 0 fully saturated rings. The highest BCUT2D eigenvalue weighted by molar-refractivity contribution is 7.09. The van der Waals surface area contributed by atoms with Crippen LogP contribution in [0.5, 0.6) is 5.75 Å². The topological polar surface area (TPSA) is 51.2 Å². The molecule has 1 unspecified atom stereocenters.